The van der Waals surface area contributed by atoms with Crippen LogP contribution in [0.5, 0.6) is 0 Å². The predicted octanol–water partition coefficient (Wildman–Crippen LogP) is 6.08. The van der Waals surface area contributed by atoms with E-state index in [2.05, 4.69) is 12.2 Å². The van der Waals surface area contributed by atoms with Crippen molar-refractivity contribution in [1.29, 1.82) is 0 Å². The van der Waals surface area contributed by atoms with Crippen LogP contribution in [0.4, 0.5) is 0 Å². The minimum absolute atomic E-state index is 0.427. The summed E-state index contributed by atoms with van der Waals surface area (Å²) in [6, 6.07) is 0. The number of halogens is 1. The molecule has 2 nitrogen and oxygen atoms in total. The first-order valence-corrected chi connectivity index (χ1v) is 9.31. The molecule has 0 fully saturated rings. The van der Waals surface area contributed by atoms with Crippen molar-refractivity contribution in [3.8, 4) is 0 Å². The number of hydrogen-bond acceptors (Lipinski definition) is 2. The van der Waals surface area contributed by atoms with Crippen LogP contribution in [0.1, 0.15) is 77.6 Å². The van der Waals surface area contributed by atoms with Crippen molar-refractivity contribution >= 4 is 11.6 Å². The second-order valence-electron chi connectivity index (χ2n) is 5.44. The van der Waals surface area contributed by atoms with E-state index in [9.17, 15) is 0 Å². The van der Waals surface area contributed by atoms with Crippen molar-refractivity contribution in [2.24, 2.45) is 0 Å². The molecule has 0 rings (SSSR count). The molecule has 0 radical (unpaired) electrons. The number of unbranched alkanes of at least 4 members (excludes halogenated alkanes) is 9. The second-order valence-corrected chi connectivity index (χ2v) is 5.82. The molecule has 126 valence electrons. The van der Waals surface area contributed by atoms with Gasteiger partial charge in [-0.25, -0.2) is 0 Å². The third-order valence-electron chi connectivity index (χ3n) is 3.47. The van der Waals surface area contributed by atoms with Gasteiger partial charge in [0.15, 0.2) is 0 Å². The molecule has 3 heteroatoms. The highest BCUT2D eigenvalue weighted by molar-refractivity contribution is 6.17. The molecule has 0 aromatic heterocycles. The van der Waals surface area contributed by atoms with Crippen LogP contribution in [-0.2, 0) is 9.47 Å². The molecule has 0 atom stereocenters. The number of allylic oxidation sites excluding steroid dienone is 1. The van der Waals surface area contributed by atoms with E-state index in [4.69, 9.17) is 21.1 Å². The monoisotopic (exact) mass is 318 g/mol. The second kappa shape index (κ2) is 19.9. The van der Waals surface area contributed by atoms with Gasteiger partial charge in [0.05, 0.1) is 6.61 Å². The first kappa shape index (κ1) is 20.9. The summed E-state index contributed by atoms with van der Waals surface area (Å²) in [6.07, 6.45) is 18.8. The fraction of sp³-hybridized carbons (Fsp3) is 0.889. The molecule has 0 spiro atoms. The van der Waals surface area contributed by atoms with Crippen LogP contribution in [0.25, 0.3) is 0 Å². The summed E-state index contributed by atoms with van der Waals surface area (Å²) in [4.78, 5) is 0. The van der Waals surface area contributed by atoms with Gasteiger partial charge in [-0.2, -0.15) is 0 Å². The van der Waals surface area contributed by atoms with Crippen molar-refractivity contribution < 1.29 is 9.47 Å². The van der Waals surface area contributed by atoms with Gasteiger partial charge >= 0.3 is 0 Å². The first-order valence-electron chi connectivity index (χ1n) is 8.78. The molecule has 0 aromatic carbocycles. The van der Waals surface area contributed by atoms with Gasteiger partial charge in [0.2, 0.25) is 0 Å². The largest absolute Gasteiger partial charge is 0.356 e. The van der Waals surface area contributed by atoms with Crippen molar-refractivity contribution in [3.05, 3.63) is 12.2 Å². The van der Waals surface area contributed by atoms with Crippen molar-refractivity contribution in [1.82, 2.24) is 0 Å². The lowest BCUT2D eigenvalue weighted by Gasteiger charge is -2.01. The van der Waals surface area contributed by atoms with Crippen LogP contribution in [0.15, 0.2) is 12.2 Å². The van der Waals surface area contributed by atoms with Gasteiger partial charge in [-0.3, -0.25) is 0 Å². The van der Waals surface area contributed by atoms with Crippen molar-refractivity contribution in [3.63, 3.8) is 0 Å². The van der Waals surface area contributed by atoms with Gasteiger partial charge in [-0.05, 0) is 32.6 Å². The standard InChI is InChI=1S/C18H35ClO2/c1-2-20-18-21-17-15-13-11-9-7-5-3-4-6-8-10-12-14-16-19/h11,13H,2-10,12,14-18H2,1H3. The Balaban J connectivity index is 3.01. The van der Waals surface area contributed by atoms with Gasteiger partial charge < -0.3 is 9.47 Å². The molecule has 0 N–H and O–H groups in total. The first-order chi connectivity index (χ1) is 10.4. The zero-order valence-electron chi connectivity index (χ0n) is 14.0. The Morgan fingerprint density at radius 1 is 0.714 bits per heavy atom. The maximum absolute atomic E-state index is 5.65. The Bertz CT molecular complexity index is 207. The average Bonchev–Trinajstić information content (AvgIpc) is 2.50. The van der Waals surface area contributed by atoms with E-state index in [-0.39, 0.29) is 0 Å². The molecule has 0 bridgehead atoms. The molecule has 0 unspecified atom stereocenters. The Labute approximate surface area is 137 Å². The van der Waals surface area contributed by atoms with Crippen LogP contribution < -0.4 is 0 Å². The third-order valence-corrected chi connectivity index (χ3v) is 3.74. The fourth-order valence-corrected chi connectivity index (χ4v) is 2.37. The molecule has 21 heavy (non-hydrogen) atoms. The molecule has 0 aliphatic carbocycles. The predicted molar refractivity (Wildman–Crippen MR) is 93.1 cm³/mol. The van der Waals surface area contributed by atoms with Crippen LogP contribution in [0.3, 0.4) is 0 Å². The maximum atomic E-state index is 5.65. The minimum Gasteiger partial charge on any atom is -0.356 e. The van der Waals surface area contributed by atoms with Gasteiger partial charge in [0.1, 0.15) is 6.79 Å². The minimum atomic E-state index is 0.427. The summed E-state index contributed by atoms with van der Waals surface area (Å²) in [5.74, 6) is 0.826. The summed E-state index contributed by atoms with van der Waals surface area (Å²) in [6.45, 7) is 3.89. The van der Waals surface area contributed by atoms with E-state index in [0.717, 1.165) is 25.5 Å². The molecule has 0 amide bonds. The number of hydrogen-bond donors (Lipinski definition) is 0. The van der Waals surface area contributed by atoms with Crippen LogP contribution >= 0.6 is 11.6 Å². The summed E-state index contributed by atoms with van der Waals surface area (Å²) >= 11 is 5.65. The van der Waals surface area contributed by atoms with Gasteiger partial charge in [0.25, 0.3) is 0 Å². The molecule has 0 saturated heterocycles. The SMILES string of the molecule is CCOCOCCC=CCCCCCCCCCCCCl. The van der Waals surface area contributed by atoms with E-state index in [1.165, 1.54) is 64.2 Å². The van der Waals surface area contributed by atoms with E-state index in [0.29, 0.717) is 6.79 Å². The van der Waals surface area contributed by atoms with Gasteiger partial charge in [-0.1, -0.05) is 57.1 Å². The molecule has 0 heterocycles. The maximum Gasteiger partial charge on any atom is 0.146 e. The van der Waals surface area contributed by atoms with Gasteiger partial charge in [-0.15, -0.1) is 11.6 Å². The van der Waals surface area contributed by atoms with Crippen LogP contribution in [0.2, 0.25) is 0 Å². The molecular formula is C18H35ClO2. The van der Waals surface area contributed by atoms with Crippen LogP contribution in [-0.4, -0.2) is 25.9 Å². The van der Waals surface area contributed by atoms with Gasteiger partial charge in [0, 0.05) is 12.5 Å². The zero-order valence-corrected chi connectivity index (χ0v) is 14.7. The Hall–Kier alpha value is -0.0500. The molecule has 0 aliphatic heterocycles. The Kier molecular flexibility index (Phi) is 19.9. The highest BCUT2D eigenvalue weighted by Crippen LogP contribution is 2.11. The Morgan fingerprint density at radius 3 is 1.90 bits per heavy atom. The third kappa shape index (κ3) is 19.9. The normalized spacial score (nSPS) is 11.5. The Morgan fingerprint density at radius 2 is 1.29 bits per heavy atom. The quantitative estimate of drug-likeness (QED) is 0.140. The number of rotatable bonds is 17. The van der Waals surface area contributed by atoms with Crippen LogP contribution in [0, 0.1) is 0 Å². The molecule has 0 aliphatic rings. The zero-order chi connectivity index (χ0) is 15.4. The highest BCUT2D eigenvalue weighted by atomic mass is 35.5. The number of ether oxygens (including phenoxy) is 2. The lowest BCUT2D eigenvalue weighted by Crippen LogP contribution is -1.99. The topological polar surface area (TPSA) is 18.5 Å². The molecule has 0 saturated carbocycles. The van der Waals surface area contributed by atoms with E-state index >= 15 is 0 Å². The van der Waals surface area contributed by atoms with E-state index in [1.54, 1.807) is 0 Å². The lowest BCUT2D eigenvalue weighted by atomic mass is 10.1. The molecule has 0 aromatic rings. The smallest absolute Gasteiger partial charge is 0.146 e. The summed E-state index contributed by atoms with van der Waals surface area (Å²) in [5.41, 5.74) is 0. The fourth-order valence-electron chi connectivity index (χ4n) is 2.18. The summed E-state index contributed by atoms with van der Waals surface area (Å²) in [5, 5.41) is 0. The van der Waals surface area contributed by atoms with Crippen molar-refractivity contribution in [2.75, 3.05) is 25.9 Å². The molecular weight excluding hydrogens is 284 g/mol. The summed E-state index contributed by atoms with van der Waals surface area (Å²) < 4.78 is 10.4. The number of alkyl halides is 1. The lowest BCUT2D eigenvalue weighted by molar-refractivity contribution is -0.0476. The summed E-state index contributed by atoms with van der Waals surface area (Å²) in [7, 11) is 0. The van der Waals surface area contributed by atoms with Crippen molar-refractivity contribution in [2.45, 2.75) is 77.6 Å². The average molecular weight is 319 g/mol. The van der Waals surface area contributed by atoms with E-state index in [1.807, 2.05) is 6.92 Å². The van der Waals surface area contributed by atoms with E-state index < -0.39 is 0 Å². The highest BCUT2D eigenvalue weighted by Gasteiger charge is 1.92.